The van der Waals surface area contributed by atoms with Gasteiger partial charge in [-0.3, -0.25) is 9.36 Å². The molecule has 0 aliphatic rings. The van der Waals surface area contributed by atoms with Crippen molar-refractivity contribution >= 4 is 5.97 Å². The molecule has 0 aliphatic heterocycles. The first kappa shape index (κ1) is 8.51. The van der Waals surface area contributed by atoms with Gasteiger partial charge in [0.15, 0.2) is 0 Å². The second-order valence-corrected chi connectivity index (χ2v) is 2.09. The van der Waals surface area contributed by atoms with E-state index in [2.05, 4.69) is 14.9 Å². The summed E-state index contributed by atoms with van der Waals surface area (Å²) in [4.78, 5) is 21.6. The number of rotatable bonds is 3. The zero-order valence-electron chi connectivity index (χ0n) is 6.61. The van der Waals surface area contributed by atoms with Crippen LogP contribution in [0.3, 0.4) is 0 Å². The summed E-state index contributed by atoms with van der Waals surface area (Å²) >= 11 is 0. The van der Waals surface area contributed by atoms with E-state index >= 15 is 0 Å². The van der Waals surface area contributed by atoms with Crippen molar-refractivity contribution < 1.29 is 9.53 Å². The van der Waals surface area contributed by atoms with Gasteiger partial charge in [-0.25, -0.2) is 9.89 Å². The van der Waals surface area contributed by atoms with Gasteiger partial charge in [-0.1, -0.05) is 0 Å². The Morgan fingerprint density at radius 1 is 1.83 bits per heavy atom. The molecule has 0 amide bonds. The summed E-state index contributed by atoms with van der Waals surface area (Å²) in [5.74, 6) is -0.444. The molecule has 6 heteroatoms. The lowest BCUT2D eigenvalue weighted by molar-refractivity contribution is -0.143. The van der Waals surface area contributed by atoms with Crippen LogP contribution in [0.4, 0.5) is 0 Å². The van der Waals surface area contributed by atoms with Gasteiger partial charge in [0, 0.05) is 0 Å². The van der Waals surface area contributed by atoms with Crippen LogP contribution < -0.4 is 5.69 Å². The van der Waals surface area contributed by atoms with Crippen molar-refractivity contribution in [2.24, 2.45) is 0 Å². The van der Waals surface area contributed by atoms with Crippen LogP contribution in [0.25, 0.3) is 0 Å². The number of H-pyrrole nitrogens is 1. The third kappa shape index (κ3) is 1.94. The highest BCUT2D eigenvalue weighted by Gasteiger charge is 2.04. The van der Waals surface area contributed by atoms with Crippen molar-refractivity contribution in [3.05, 3.63) is 16.8 Å². The topological polar surface area (TPSA) is 77.0 Å². The van der Waals surface area contributed by atoms with Crippen molar-refractivity contribution in [1.82, 2.24) is 14.8 Å². The average molecular weight is 171 g/mol. The molecular formula is C6H9N3O3. The maximum atomic E-state index is 10.8. The predicted molar refractivity (Wildman–Crippen MR) is 39.5 cm³/mol. The van der Waals surface area contributed by atoms with Gasteiger partial charge in [0.1, 0.15) is 12.9 Å². The number of nitrogens with one attached hydrogen (secondary N) is 1. The number of esters is 1. The van der Waals surface area contributed by atoms with Crippen LogP contribution >= 0.6 is 0 Å². The Bertz CT molecular complexity index is 314. The maximum absolute atomic E-state index is 10.8. The molecule has 12 heavy (non-hydrogen) atoms. The second-order valence-electron chi connectivity index (χ2n) is 2.09. The lowest BCUT2D eigenvalue weighted by atomic mass is 10.6. The van der Waals surface area contributed by atoms with E-state index in [-0.39, 0.29) is 6.54 Å². The van der Waals surface area contributed by atoms with Crippen LogP contribution in [0.2, 0.25) is 0 Å². The molecule has 0 spiro atoms. The van der Waals surface area contributed by atoms with Crippen LogP contribution in [-0.4, -0.2) is 27.3 Å². The Morgan fingerprint density at radius 2 is 2.58 bits per heavy atom. The second kappa shape index (κ2) is 3.70. The molecule has 1 heterocycles. The summed E-state index contributed by atoms with van der Waals surface area (Å²) < 4.78 is 5.77. The molecule has 66 valence electrons. The number of ether oxygens (including phenoxy) is 1. The van der Waals surface area contributed by atoms with Gasteiger partial charge in [-0.15, -0.1) is 0 Å². The van der Waals surface area contributed by atoms with Gasteiger partial charge in [-0.05, 0) is 6.92 Å². The molecule has 0 unspecified atom stereocenters. The van der Waals surface area contributed by atoms with E-state index in [1.54, 1.807) is 6.92 Å². The highest BCUT2D eigenvalue weighted by Crippen LogP contribution is 1.82. The zero-order chi connectivity index (χ0) is 8.97. The third-order valence-corrected chi connectivity index (χ3v) is 1.22. The van der Waals surface area contributed by atoms with Crippen molar-refractivity contribution in [2.45, 2.75) is 13.5 Å². The van der Waals surface area contributed by atoms with Gasteiger partial charge in [0.25, 0.3) is 0 Å². The molecule has 0 atom stereocenters. The average Bonchev–Trinajstić information content (AvgIpc) is 2.37. The van der Waals surface area contributed by atoms with E-state index in [4.69, 9.17) is 0 Å². The minimum absolute atomic E-state index is 0.0941. The van der Waals surface area contributed by atoms with Gasteiger partial charge in [0.05, 0.1) is 6.61 Å². The third-order valence-electron chi connectivity index (χ3n) is 1.22. The first-order valence-electron chi connectivity index (χ1n) is 3.49. The predicted octanol–water partition coefficient (Wildman–Crippen LogP) is -0.865. The maximum Gasteiger partial charge on any atom is 0.343 e. The monoisotopic (exact) mass is 171 g/mol. The summed E-state index contributed by atoms with van der Waals surface area (Å²) in [5, 5.41) is 5.62. The number of hydrogen-bond donors (Lipinski definition) is 1. The first-order valence-corrected chi connectivity index (χ1v) is 3.49. The van der Waals surface area contributed by atoms with Crippen LogP contribution in [0.1, 0.15) is 6.92 Å². The molecule has 0 radical (unpaired) electrons. The lowest BCUT2D eigenvalue weighted by Crippen LogP contribution is -2.22. The fourth-order valence-electron chi connectivity index (χ4n) is 0.729. The Kier molecular flexibility index (Phi) is 2.62. The lowest BCUT2D eigenvalue weighted by Gasteiger charge is -1.99. The normalized spacial score (nSPS) is 9.75. The quantitative estimate of drug-likeness (QED) is 0.600. The van der Waals surface area contributed by atoms with Crippen molar-refractivity contribution in [1.29, 1.82) is 0 Å². The molecule has 0 fully saturated rings. The van der Waals surface area contributed by atoms with E-state index in [0.29, 0.717) is 6.61 Å². The SMILES string of the molecule is CCOC(=O)Cn1cn[nH]c1=O. The minimum Gasteiger partial charge on any atom is -0.465 e. The first-order chi connectivity index (χ1) is 5.74. The fourth-order valence-corrected chi connectivity index (χ4v) is 0.729. The van der Waals surface area contributed by atoms with Gasteiger partial charge < -0.3 is 4.74 Å². The Balaban J connectivity index is 2.58. The van der Waals surface area contributed by atoms with Crippen LogP contribution in [0, 0.1) is 0 Å². The molecular weight excluding hydrogens is 162 g/mol. The van der Waals surface area contributed by atoms with Crippen molar-refractivity contribution in [3.8, 4) is 0 Å². The molecule has 1 aromatic rings. The summed E-state index contributed by atoms with van der Waals surface area (Å²) in [6, 6.07) is 0. The minimum atomic E-state index is -0.444. The Hall–Kier alpha value is -1.59. The Labute approximate surface area is 68.2 Å². The molecule has 1 rings (SSSR count). The molecule has 1 N–H and O–H groups in total. The largest absolute Gasteiger partial charge is 0.465 e. The molecule has 6 nitrogen and oxygen atoms in total. The van der Waals surface area contributed by atoms with Crippen molar-refractivity contribution in [2.75, 3.05) is 6.61 Å². The van der Waals surface area contributed by atoms with E-state index in [9.17, 15) is 9.59 Å². The molecule has 0 aliphatic carbocycles. The zero-order valence-corrected chi connectivity index (χ0v) is 6.61. The number of carbonyl (C=O) groups excluding carboxylic acids is 1. The highest BCUT2D eigenvalue weighted by molar-refractivity contribution is 5.69. The van der Waals surface area contributed by atoms with Crippen LogP contribution in [0.5, 0.6) is 0 Å². The fraction of sp³-hybridized carbons (Fsp3) is 0.500. The summed E-state index contributed by atoms with van der Waals surface area (Å²) in [7, 11) is 0. The van der Waals surface area contributed by atoms with Gasteiger partial charge >= 0.3 is 11.7 Å². The number of aromatic nitrogens is 3. The summed E-state index contributed by atoms with van der Waals surface area (Å²) in [6.45, 7) is 1.92. The van der Waals surface area contributed by atoms with E-state index in [0.717, 1.165) is 4.57 Å². The van der Waals surface area contributed by atoms with E-state index in [1.807, 2.05) is 0 Å². The molecule has 0 saturated heterocycles. The number of hydrogen-bond acceptors (Lipinski definition) is 4. The smallest absolute Gasteiger partial charge is 0.343 e. The van der Waals surface area contributed by atoms with Crippen molar-refractivity contribution in [3.63, 3.8) is 0 Å². The standard InChI is InChI=1S/C6H9N3O3/c1-2-12-5(10)3-9-4-7-8-6(9)11/h4H,2-3H2,1H3,(H,8,11). The van der Waals surface area contributed by atoms with Crippen LogP contribution in [-0.2, 0) is 16.1 Å². The molecule has 0 aromatic carbocycles. The molecule has 1 aromatic heterocycles. The highest BCUT2D eigenvalue weighted by atomic mass is 16.5. The van der Waals surface area contributed by atoms with E-state index in [1.165, 1.54) is 6.33 Å². The number of nitrogens with zero attached hydrogens (tertiary/aromatic N) is 2. The summed E-state index contributed by atoms with van der Waals surface area (Å²) in [6.07, 6.45) is 1.25. The molecule has 0 bridgehead atoms. The van der Waals surface area contributed by atoms with Gasteiger partial charge in [-0.2, -0.15) is 5.10 Å². The number of aromatic amines is 1. The summed E-state index contributed by atoms with van der Waals surface area (Å²) in [5.41, 5.74) is -0.414. The van der Waals surface area contributed by atoms with Crippen LogP contribution in [0.15, 0.2) is 11.1 Å². The molecule has 0 saturated carbocycles. The Morgan fingerprint density at radius 3 is 3.08 bits per heavy atom. The number of carbonyl (C=O) groups is 1. The van der Waals surface area contributed by atoms with E-state index < -0.39 is 11.7 Å². The van der Waals surface area contributed by atoms with Gasteiger partial charge in [0.2, 0.25) is 0 Å².